The van der Waals surface area contributed by atoms with E-state index >= 15 is 0 Å². The molecule has 0 aliphatic carbocycles. The van der Waals surface area contributed by atoms with Gasteiger partial charge in [-0.1, -0.05) is 19.9 Å². The largest absolute Gasteiger partial charge is 0.327 e. The Labute approximate surface area is 103 Å². The van der Waals surface area contributed by atoms with E-state index in [0.717, 1.165) is 30.7 Å². The molecule has 0 fully saturated rings. The van der Waals surface area contributed by atoms with Gasteiger partial charge in [0.05, 0.1) is 17.1 Å². The molecule has 2 N–H and O–H groups in total. The Balaban J connectivity index is 2.61. The van der Waals surface area contributed by atoms with Gasteiger partial charge < -0.3 is 10.3 Å². The van der Waals surface area contributed by atoms with Crippen molar-refractivity contribution in [2.24, 2.45) is 5.73 Å². The first-order valence-corrected chi connectivity index (χ1v) is 6.39. The second-order valence-electron chi connectivity index (χ2n) is 4.63. The summed E-state index contributed by atoms with van der Waals surface area (Å²) in [6, 6.07) is 6.46. The Kier molecular flexibility index (Phi) is 3.48. The van der Waals surface area contributed by atoms with E-state index in [2.05, 4.69) is 43.5 Å². The second kappa shape index (κ2) is 4.88. The fourth-order valence-corrected chi connectivity index (χ4v) is 2.18. The van der Waals surface area contributed by atoms with Gasteiger partial charge in [0, 0.05) is 6.54 Å². The van der Waals surface area contributed by atoms with Crippen molar-refractivity contribution in [3.8, 4) is 0 Å². The average molecular weight is 231 g/mol. The van der Waals surface area contributed by atoms with E-state index in [1.165, 1.54) is 11.1 Å². The minimum atomic E-state index is 0.0363. The third-order valence-corrected chi connectivity index (χ3v) is 3.15. The zero-order valence-electron chi connectivity index (χ0n) is 10.9. The number of hydrogen-bond acceptors (Lipinski definition) is 2. The molecule has 0 radical (unpaired) electrons. The zero-order chi connectivity index (χ0) is 12.4. The fourth-order valence-electron chi connectivity index (χ4n) is 2.18. The number of rotatable bonds is 4. The molecule has 0 saturated carbocycles. The summed E-state index contributed by atoms with van der Waals surface area (Å²) in [5.41, 5.74) is 9.66. The van der Waals surface area contributed by atoms with Gasteiger partial charge >= 0.3 is 0 Å². The molecule has 0 aliphatic heterocycles. The van der Waals surface area contributed by atoms with Gasteiger partial charge in [-0.25, -0.2) is 4.98 Å². The molecular weight excluding hydrogens is 210 g/mol. The average Bonchev–Trinajstić information content (AvgIpc) is 2.67. The summed E-state index contributed by atoms with van der Waals surface area (Å²) in [6.07, 6.45) is 2.02. The summed E-state index contributed by atoms with van der Waals surface area (Å²) in [7, 11) is 0. The van der Waals surface area contributed by atoms with Crippen molar-refractivity contribution < 1.29 is 0 Å². The number of imidazole rings is 1. The van der Waals surface area contributed by atoms with Crippen molar-refractivity contribution in [1.82, 2.24) is 9.55 Å². The minimum absolute atomic E-state index is 0.0363. The van der Waals surface area contributed by atoms with E-state index in [-0.39, 0.29) is 6.04 Å². The maximum Gasteiger partial charge on any atom is 0.126 e. The number of hydrogen-bond donors (Lipinski definition) is 1. The summed E-state index contributed by atoms with van der Waals surface area (Å²) in [6.45, 7) is 7.37. The highest BCUT2D eigenvalue weighted by atomic mass is 15.1. The van der Waals surface area contributed by atoms with Crippen LogP contribution in [-0.4, -0.2) is 9.55 Å². The third-order valence-electron chi connectivity index (χ3n) is 3.15. The van der Waals surface area contributed by atoms with Gasteiger partial charge in [-0.15, -0.1) is 0 Å². The van der Waals surface area contributed by atoms with Crippen LogP contribution in [0, 0.1) is 6.92 Å². The van der Waals surface area contributed by atoms with Gasteiger partial charge in [-0.05, 0) is 37.5 Å². The van der Waals surface area contributed by atoms with E-state index < -0.39 is 0 Å². The van der Waals surface area contributed by atoms with Crippen LogP contribution in [0.2, 0.25) is 0 Å². The van der Waals surface area contributed by atoms with Crippen molar-refractivity contribution in [3.63, 3.8) is 0 Å². The molecule has 1 aromatic carbocycles. The molecule has 0 saturated heterocycles. The molecule has 17 heavy (non-hydrogen) atoms. The minimum Gasteiger partial charge on any atom is -0.327 e. The third kappa shape index (κ3) is 2.20. The lowest BCUT2D eigenvalue weighted by Gasteiger charge is -2.12. The molecule has 3 heteroatoms. The monoisotopic (exact) mass is 231 g/mol. The molecule has 0 aliphatic rings. The molecule has 1 heterocycles. The topological polar surface area (TPSA) is 43.8 Å². The van der Waals surface area contributed by atoms with Crippen LogP contribution in [0.25, 0.3) is 11.0 Å². The van der Waals surface area contributed by atoms with Crippen molar-refractivity contribution in [2.45, 2.75) is 46.2 Å². The van der Waals surface area contributed by atoms with Crippen molar-refractivity contribution in [1.29, 1.82) is 0 Å². The quantitative estimate of drug-likeness (QED) is 0.878. The maximum absolute atomic E-state index is 6.14. The lowest BCUT2D eigenvalue weighted by Crippen LogP contribution is -2.15. The molecule has 0 spiro atoms. The summed E-state index contributed by atoms with van der Waals surface area (Å²) in [5.74, 6) is 1.02. The van der Waals surface area contributed by atoms with Gasteiger partial charge in [0.15, 0.2) is 0 Å². The normalized spacial score (nSPS) is 13.2. The molecule has 92 valence electrons. The van der Waals surface area contributed by atoms with Gasteiger partial charge in [0.2, 0.25) is 0 Å². The molecule has 1 atom stereocenters. The van der Waals surface area contributed by atoms with E-state index in [4.69, 9.17) is 10.7 Å². The fraction of sp³-hybridized carbons (Fsp3) is 0.500. The van der Waals surface area contributed by atoms with Crippen LogP contribution in [0.15, 0.2) is 18.2 Å². The molecule has 1 aromatic heterocycles. The second-order valence-corrected chi connectivity index (χ2v) is 4.63. The first-order valence-electron chi connectivity index (χ1n) is 6.39. The molecule has 2 rings (SSSR count). The van der Waals surface area contributed by atoms with Crippen LogP contribution in [0.5, 0.6) is 0 Å². The maximum atomic E-state index is 6.14. The first-order chi connectivity index (χ1) is 8.17. The SMILES string of the molecule is CCCn1c(C(N)CC)nc2cc(C)ccc21. The Morgan fingerprint density at radius 3 is 2.76 bits per heavy atom. The smallest absolute Gasteiger partial charge is 0.126 e. The van der Waals surface area contributed by atoms with Crippen molar-refractivity contribution >= 4 is 11.0 Å². The lowest BCUT2D eigenvalue weighted by atomic mass is 10.2. The molecule has 3 nitrogen and oxygen atoms in total. The van der Waals surface area contributed by atoms with Gasteiger partial charge in [-0.3, -0.25) is 0 Å². The zero-order valence-corrected chi connectivity index (χ0v) is 10.9. The molecule has 1 unspecified atom stereocenters. The number of nitrogens with two attached hydrogens (primary N) is 1. The predicted octanol–water partition coefficient (Wildman–Crippen LogP) is 3.16. The van der Waals surface area contributed by atoms with Crippen LogP contribution in [-0.2, 0) is 6.54 Å². The van der Waals surface area contributed by atoms with Crippen LogP contribution >= 0.6 is 0 Å². The number of benzene rings is 1. The van der Waals surface area contributed by atoms with Gasteiger partial charge in [0.1, 0.15) is 5.82 Å². The number of nitrogens with zero attached hydrogens (tertiary/aromatic N) is 2. The summed E-state index contributed by atoms with van der Waals surface area (Å²) in [5, 5.41) is 0. The first kappa shape index (κ1) is 12.1. The van der Waals surface area contributed by atoms with Gasteiger partial charge in [0.25, 0.3) is 0 Å². The van der Waals surface area contributed by atoms with Crippen LogP contribution < -0.4 is 5.73 Å². The van der Waals surface area contributed by atoms with Crippen LogP contribution in [0.4, 0.5) is 0 Å². The van der Waals surface area contributed by atoms with E-state index in [0.29, 0.717) is 0 Å². The molecule has 2 aromatic rings. The number of aromatic nitrogens is 2. The summed E-state index contributed by atoms with van der Waals surface area (Å²) >= 11 is 0. The van der Waals surface area contributed by atoms with E-state index in [1.807, 2.05) is 0 Å². The number of fused-ring (bicyclic) bond motifs is 1. The highest BCUT2D eigenvalue weighted by molar-refractivity contribution is 5.77. The van der Waals surface area contributed by atoms with Crippen molar-refractivity contribution in [3.05, 3.63) is 29.6 Å². The van der Waals surface area contributed by atoms with Gasteiger partial charge in [-0.2, -0.15) is 0 Å². The Morgan fingerprint density at radius 2 is 2.12 bits per heavy atom. The lowest BCUT2D eigenvalue weighted by molar-refractivity contribution is 0.576. The Bertz CT molecular complexity index is 513. The molecule has 0 bridgehead atoms. The Hall–Kier alpha value is -1.35. The summed E-state index contributed by atoms with van der Waals surface area (Å²) < 4.78 is 2.27. The standard InChI is InChI=1S/C14H21N3/c1-4-8-17-13-7-6-10(3)9-12(13)16-14(17)11(15)5-2/h6-7,9,11H,4-5,8,15H2,1-3H3. The molecule has 0 amide bonds. The van der Waals surface area contributed by atoms with Crippen LogP contribution in [0.1, 0.15) is 44.1 Å². The van der Waals surface area contributed by atoms with Crippen molar-refractivity contribution in [2.75, 3.05) is 0 Å². The highest BCUT2D eigenvalue weighted by Crippen LogP contribution is 2.22. The van der Waals surface area contributed by atoms with E-state index in [9.17, 15) is 0 Å². The van der Waals surface area contributed by atoms with E-state index in [1.54, 1.807) is 0 Å². The summed E-state index contributed by atoms with van der Waals surface area (Å²) in [4.78, 5) is 4.70. The highest BCUT2D eigenvalue weighted by Gasteiger charge is 2.14. The molecular formula is C14H21N3. The number of aryl methyl sites for hydroxylation is 2. The predicted molar refractivity (Wildman–Crippen MR) is 72.0 cm³/mol. The van der Waals surface area contributed by atoms with Crippen LogP contribution in [0.3, 0.4) is 0 Å². The Morgan fingerprint density at radius 1 is 1.35 bits per heavy atom.